The molecule has 1 aromatic rings. The second kappa shape index (κ2) is 7.78. The van der Waals surface area contributed by atoms with Gasteiger partial charge < -0.3 is 9.64 Å². The monoisotopic (exact) mass is 327 g/mol. The van der Waals surface area contributed by atoms with Crippen LogP contribution in [0.2, 0.25) is 0 Å². The Morgan fingerprint density at radius 1 is 1.25 bits per heavy atom. The van der Waals surface area contributed by atoms with Gasteiger partial charge in [-0.15, -0.1) is 0 Å². The Balaban J connectivity index is 1.63. The van der Waals surface area contributed by atoms with Crippen LogP contribution in [0.15, 0.2) is 24.3 Å². The molecule has 5 nitrogen and oxygen atoms in total. The van der Waals surface area contributed by atoms with Crippen LogP contribution in [0.4, 0.5) is 0 Å². The minimum Gasteiger partial charge on any atom is -0.378 e. The van der Waals surface area contributed by atoms with E-state index in [1.807, 2.05) is 29.2 Å². The van der Waals surface area contributed by atoms with E-state index in [0.29, 0.717) is 18.8 Å². The van der Waals surface area contributed by atoms with E-state index < -0.39 is 0 Å². The maximum absolute atomic E-state index is 12.7. The molecule has 128 valence electrons. The van der Waals surface area contributed by atoms with Crippen molar-refractivity contribution in [2.75, 3.05) is 39.4 Å². The Morgan fingerprint density at radius 2 is 1.96 bits per heavy atom. The van der Waals surface area contributed by atoms with Crippen molar-refractivity contribution in [2.45, 2.75) is 25.8 Å². The van der Waals surface area contributed by atoms with Crippen molar-refractivity contribution in [3.8, 4) is 6.07 Å². The summed E-state index contributed by atoms with van der Waals surface area (Å²) in [6, 6.07) is 10.2. The average Bonchev–Trinajstić information content (AvgIpc) is 2.67. The number of morpholine rings is 1. The van der Waals surface area contributed by atoms with Crippen LogP contribution < -0.4 is 0 Å². The Hall–Kier alpha value is -1.90. The fourth-order valence-corrected chi connectivity index (χ4v) is 3.65. The zero-order valence-electron chi connectivity index (χ0n) is 14.3. The number of carbonyl (C=O) groups excluding carboxylic acids is 1. The summed E-state index contributed by atoms with van der Waals surface area (Å²) in [6.45, 7) is 6.78. The van der Waals surface area contributed by atoms with Gasteiger partial charge in [-0.25, -0.2) is 0 Å². The van der Waals surface area contributed by atoms with E-state index in [2.05, 4.69) is 17.9 Å². The molecule has 3 rings (SSSR count). The van der Waals surface area contributed by atoms with Crippen LogP contribution in [-0.2, 0) is 9.53 Å². The smallest absolute Gasteiger partial charge is 0.227 e. The average molecular weight is 327 g/mol. The van der Waals surface area contributed by atoms with E-state index in [1.165, 1.54) is 5.56 Å². The number of hydrogen-bond donors (Lipinski definition) is 0. The molecule has 2 saturated heterocycles. The molecule has 0 unspecified atom stereocenters. The van der Waals surface area contributed by atoms with E-state index in [4.69, 9.17) is 10.00 Å². The van der Waals surface area contributed by atoms with Crippen LogP contribution in [0, 0.1) is 17.2 Å². The number of ether oxygens (including phenoxy) is 1. The molecular weight excluding hydrogens is 302 g/mol. The Labute approximate surface area is 143 Å². The largest absolute Gasteiger partial charge is 0.378 e. The van der Waals surface area contributed by atoms with Gasteiger partial charge in [-0.05, 0) is 44.0 Å². The van der Waals surface area contributed by atoms with Gasteiger partial charge in [0, 0.05) is 25.7 Å². The third kappa shape index (κ3) is 3.77. The number of hydrogen-bond acceptors (Lipinski definition) is 4. The summed E-state index contributed by atoms with van der Waals surface area (Å²) in [5.74, 6) is 0.382. The van der Waals surface area contributed by atoms with Crippen molar-refractivity contribution in [1.29, 1.82) is 5.26 Å². The molecule has 0 aromatic heterocycles. The molecule has 0 N–H and O–H groups in total. The van der Waals surface area contributed by atoms with Crippen LogP contribution in [0.1, 0.15) is 36.9 Å². The second-order valence-corrected chi connectivity index (χ2v) is 6.68. The summed E-state index contributed by atoms with van der Waals surface area (Å²) >= 11 is 0. The molecule has 0 saturated carbocycles. The van der Waals surface area contributed by atoms with Crippen molar-refractivity contribution in [3.63, 3.8) is 0 Å². The fourth-order valence-electron chi connectivity index (χ4n) is 3.65. The first-order valence-electron chi connectivity index (χ1n) is 8.79. The molecule has 24 heavy (non-hydrogen) atoms. The highest BCUT2D eigenvalue weighted by Crippen LogP contribution is 2.28. The number of rotatable bonds is 3. The van der Waals surface area contributed by atoms with E-state index in [-0.39, 0.29) is 17.9 Å². The molecule has 0 aliphatic carbocycles. The maximum Gasteiger partial charge on any atom is 0.227 e. The molecule has 1 amide bonds. The van der Waals surface area contributed by atoms with Gasteiger partial charge in [0.2, 0.25) is 5.91 Å². The van der Waals surface area contributed by atoms with Gasteiger partial charge in [0.15, 0.2) is 0 Å². The lowest BCUT2D eigenvalue weighted by molar-refractivity contribution is -0.141. The third-order valence-corrected chi connectivity index (χ3v) is 5.19. The Bertz CT molecular complexity index is 602. The molecule has 2 atom stereocenters. The van der Waals surface area contributed by atoms with Crippen molar-refractivity contribution >= 4 is 5.91 Å². The predicted molar refractivity (Wildman–Crippen MR) is 91.3 cm³/mol. The lowest BCUT2D eigenvalue weighted by Gasteiger charge is -2.39. The molecule has 0 bridgehead atoms. The van der Waals surface area contributed by atoms with E-state index in [0.717, 1.165) is 39.0 Å². The van der Waals surface area contributed by atoms with E-state index >= 15 is 0 Å². The van der Waals surface area contributed by atoms with E-state index in [1.54, 1.807) is 0 Å². The van der Waals surface area contributed by atoms with Gasteiger partial charge in [0.25, 0.3) is 0 Å². The maximum atomic E-state index is 12.7. The molecule has 1 aromatic carbocycles. The number of benzene rings is 1. The molecule has 2 aliphatic rings. The summed E-state index contributed by atoms with van der Waals surface area (Å²) < 4.78 is 5.35. The molecule has 2 heterocycles. The fraction of sp³-hybridized carbons (Fsp3) is 0.579. The quantitative estimate of drug-likeness (QED) is 0.854. The molecule has 0 spiro atoms. The van der Waals surface area contributed by atoms with Crippen LogP contribution >= 0.6 is 0 Å². The van der Waals surface area contributed by atoms with Crippen molar-refractivity contribution < 1.29 is 9.53 Å². The summed E-state index contributed by atoms with van der Waals surface area (Å²) in [5, 5.41) is 8.92. The SMILES string of the molecule is C[C@H](c1ccc(C#N)cc1)N1CCC[C@H](C(=O)N2CCOCC2)C1. The Kier molecular flexibility index (Phi) is 5.49. The van der Waals surface area contributed by atoms with Gasteiger partial charge in [-0.2, -0.15) is 5.26 Å². The number of amides is 1. The molecule has 5 heteroatoms. The first-order chi connectivity index (χ1) is 11.7. The molecule has 2 fully saturated rings. The molecular formula is C19H25N3O2. The lowest BCUT2D eigenvalue weighted by Crippen LogP contribution is -2.48. The first-order valence-corrected chi connectivity index (χ1v) is 8.79. The first kappa shape index (κ1) is 16.9. The van der Waals surface area contributed by atoms with E-state index in [9.17, 15) is 4.79 Å². The minimum absolute atomic E-state index is 0.0951. The highest BCUT2D eigenvalue weighted by atomic mass is 16.5. The number of nitrogens with zero attached hydrogens (tertiary/aromatic N) is 3. The van der Waals surface area contributed by atoms with Gasteiger partial charge >= 0.3 is 0 Å². The van der Waals surface area contributed by atoms with Crippen LogP contribution in [0.5, 0.6) is 0 Å². The van der Waals surface area contributed by atoms with Gasteiger partial charge in [0.1, 0.15) is 0 Å². The Morgan fingerprint density at radius 3 is 2.62 bits per heavy atom. The summed E-state index contributed by atoms with van der Waals surface area (Å²) in [6.07, 6.45) is 2.04. The normalized spacial score (nSPS) is 23.5. The zero-order valence-corrected chi connectivity index (χ0v) is 14.3. The molecule has 2 aliphatic heterocycles. The van der Waals surface area contributed by atoms with Gasteiger partial charge in [-0.1, -0.05) is 12.1 Å². The van der Waals surface area contributed by atoms with Gasteiger partial charge in [-0.3, -0.25) is 9.69 Å². The number of piperidine rings is 1. The summed E-state index contributed by atoms with van der Waals surface area (Å²) in [4.78, 5) is 17.1. The summed E-state index contributed by atoms with van der Waals surface area (Å²) in [7, 11) is 0. The zero-order chi connectivity index (χ0) is 16.9. The van der Waals surface area contributed by atoms with Crippen molar-refractivity contribution in [2.24, 2.45) is 5.92 Å². The standard InChI is InChI=1S/C19H25N3O2/c1-15(17-6-4-16(13-20)5-7-17)22-8-2-3-18(14-22)19(23)21-9-11-24-12-10-21/h4-7,15,18H,2-3,8-12,14H2,1H3/t15-,18+/m1/s1. The number of carbonyl (C=O) groups is 1. The van der Waals surface area contributed by atoms with Crippen molar-refractivity contribution in [1.82, 2.24) is 9.80 Å². The van der Waals surface area contributed by atoms with Crippen molar-refractivity contribution in [3.05, 3.63) is 35.4 Å². The van der Waals surface area contributed by atoms with Crippen LogP contribution in [0.25, 0.3) is 0 Å². The highest BCUT2D eigenvalue weighted by Gasteiger charge is 2.31. The summed E-state index contributed by atoms with van der Waals surface area (Å²) in [5.41, 5.74) is 1.89. The van der Waals surface area contributed by atoms with Gasteiger partial charge in [0.05, 0.1) is 30.8 Å². The lowest BCUT2D eigenvalue weighted by atomic mass is 9.93. The minimum atomic E-state index is 0.0951. The third-order valence-electron chi connectivity index (χ3n) is 5.19. The van der Waals surface area contributed by atoms with Crippen LogP contribution in [-0.4, -0.2) is 55.1 Å². The number of likely N-dealkylation sites (tertiary alicyclic amines) is 1. The number of nitriles is 1. The predicted octanol–water partition coefficient (Wildman–Crippen LogP) is 2.19. The topological polar surface area (TPSA) is 56.6 Å². The second-order valence-electron chi connectivity index (χ2n) is 6.68. The van der Waals surface area contributed by atoms with Crippen LogP contribution in [0.3, 0.4) is 0 Å². The highest BCUT2D eigenvalue weighted by molar-refractivity contribution is 5.79. The molecule has 0 radical (unpaired) electrons.